The Balaban J connectivity index is 2.54. The normalized spacial score (nSPS) is 19.0. The van der Waals surface area contributed by atoms with Crippen LogP contribution in [-0.4, -0.2) is 34.7 Å². The number of rotatable bonds is 3. The van der Waals surface area contributed by atoms with Crippen molar-refractivity contribution in [3.8, 4) is 0 Å². The number of nitrogens with zero attached hydrogens (tertiary/aromatic N) is 1. The van der Waals surface area contributed by atoms with E-state index in [-0.39, 0.29) is 0 Å². The molecule has 1 amide bonds. The van der Waals surface area contributed by atoms with Crippen LogP contribution < -0.4 is 5.32 Å². The van der Waals surface area contributed by atoms with Crippen LogP contribution in [0.5, 0.6) is 0 Å². The van der Waals surface area contributed by atoms with Crippen LogP contribution >= 0.6 is 0 Å². The summed E-state index contributed by atoms with van der Waals surface area (Å²) in [7, 11) is 0. The second kappa shape index (κ2) is 5.09. The van der Waals surface area contributed by atoms with Crippen molar-refractivity contribution in [1.29, 1.82) is 0 Å². The minimum atomic E-state index is -0.865. The smallest absolute Gasteiger partial charge is 0.408 e. The van der Waals surface area contributed by atoms with Gasteiger partial charge in [0.25, 0.3) is 0 Å². The van der Waals surface area contributed by atoms with E-state index in [0.29, 0.717) is 5.92 Å². The Morgan fingerprint density at radius 3 is 2.10 bits per heavy atom. The van der Waals surface area contributed by atoms with Crippen LogP contribution in [0.1, 0.15) is 33.3 Å². The molecule has 110 valence electrons. The molecule has 1 unspecified atom stereocenters. The zero-order chi connectivity index (χ0) is 15.0. The molecular formula is C16H24N2O2. The molecule has 1 aliphatic heterocycles. The molecule has 20 heavy (non-hydrogen) atoms. The molecule has 4 heteroatoms. The van der Waals surface area contributed by atoms with Gasteiger partial charge in [-0.05, 0) is 33.3 Å². The molecule has 0 saturated carbocycles. The summed E-state index contributed by atoms with van der Waals surface area (Å²) >= 11 is 0. The Bertz CT molecular complexity index is 477. The van der Waals surface area contributed by atoms with Gasteiger partial charge in [0.1, 0.15) is 0 Å². The summed E-state index contributed by atoms with van der Waals surface area (Å²) in [6, 6.07) is 9.97. The number of nitrogens with one attached hydrogen (secondary N) is 1. The maximum absolute atomic E-state index is 11.9. The van der Waals surface area contributed by atoms with Crippen LogP contribution in [0, 0.1) is 5.92 Å². The zero-order valence-corrected chi connectivity index (χ0v) is 12.7. The van der Waals surface area contributed by atoms with Crippen molar-refractivity contribution in [2.24, 2.45) is 5.92 Å². The molecule has 1 atom stereocenters. The second-order valence-electron chi connectivity index (χ2n) is 6.66. The number of amides is 1. The fraction of sp³-hybridized carbons (Fsp3) is 0.562. The summed E-state index contributed by atoms with van der Waals surface area (Å²) in [6.45, 7) is 9.61. The molecule has 1 aliphatic rings. The SMILES string of the molecule is CC(C)(C)N(C(=O)O)C(C)(c1ccccc1)C1CNC1. The van der Waals surface area contributed by atoms with Gasteiger partial charge >= 0.3 is 6.09 Å². The molecule has 0 bridgehead atoms. The van der Waals surface area contributed by atoms with Crippen molar-refractivity contribution in [2.45, 2.75) is 38.8 Å². The van der Waals surface area contributed by atoms with Crippen LogP contribution in [-0.2, 0) is 5.54 Å². The van der Waals surface area contributed by atoms with E-state index in [0.717, 1.165) is 18.7 Å². The Kier molecular flexibility index (Phi) is 3.78. The zero-order valence-electron chi connectivity index (χ0n) is 12.7. The Morgan fingerprint density at radius 2 is 1.75 bits per heavy atom. The Labute approximate surface area is 120 Å². The molecule has 0 aliphatic carbocycles. The maximum atomic E-state index is 11.9. The van der Waals surface area contributed by atoms with Crippen LogP contribution in [0.4, 0.5) is 4.79 Å². The predicted molar refractivity (Wildman–Crippen MR) is 79.8 cm³/mol. The van der Waals surface area contributed by atoms with E-state index in [1.165, 1.54) is 0 Å². The summed E-state index contributed by atoms with van der Waals surface area (Å²) in [6.07, 6.45) is -0.865. The van der Waals surface area contributed by atoms with Crippen LogP contribution in [0.3, 0.4) is 0 Å². The molecule has 0 aromatic heterocycles. The number of benzene rings is 1. The number of hydrogen-bond donors (Lipinski definition) is 2. The van der Waals surface area contributed by atoms with Gasteiger partial charge in [-0.2, -0.15) is 0 Å². The van der Waals surface area contributed by atoms with Gasteiger partial charge in [0.15, 0.2) is 0 Å². The minimum Gasteiger partial charge on any atom is -0.465 e. The highest BCUT2D eigenvalue weighted by atomic mass is 16.4. The monoisotopic (exact) mass is 276 g/mol. The number of carbonyl (C=O) groups is 1. The van der Waals surface area contributed by atoms with Crippen molar-refractivity contribution in [2.75, 3.05) is 13.1 Å². The molecule has 4 nitrogen and oxygen atoms in total. The summed E-state index contributed by atoms with van der Waals surface area (Å²) in [4.78, 5) is 13.5. The Morgan fingerprint density at radius 1 is 1.20 bits per heavy atom. The topological polar surface area (TPSA) is 52.6 Å². The second-order valence-corrected chi connectivity index (χ2v) is 6.66. The molecule has 1 heterocycles. The lowest BCUT2D eigenvalue weighted by atomic mass is 9.73. The molecule has 0 radical (unpaired) electrons. The van der Waals surface area contributed by atoms with E-state index in [1.807, 2.05) is 58.0 Å². The van der Waals surface area contributed by atoms with Crippen molar-refractivity contribution in [3.63, 3.8) is 0 Å². The highest BCUT2D eigenvalue weighted by molar-refractivity contribution is 5.68. The standard InChI is InChI=1S/C16H24N2O2/c1-15(2,3)18(14(19)20)16(4,13-10-17-11-13)12-8-6-5-7-9-12/h5-9,13,17H,10-11H2,1-4H3,(H,19,20). The first kappa shape index (κ1) is 14.9. The van der Waals surface area contributed by atoms with E-state index in [1.54, 1.807) is 4.90 Å². The van der Waals surface area contributed by atoms with E-state index < -0.39 is 17.2 Å². The minimum absolute atomic E-state index is 0.292. The van der Waals surface area contributed by atoms with Crippen LogP contribution in [0.15, 0.2) is 30.3 Å². The van der Waals surface area contributed by atoms with E-state index in [2.05, 4.69) is 5.32 Å². The van der Waals surface area contributed by atoms with Gasteiger partial charge in [-0.3, -0.25) is 4.90 Å². The van der Waals surface area contributed by atoms with E-state index in [9.17, 15) is 9.90 Å². The van der Waals surface area contributed by atoms with E-state index >= 15 is 0 Å². The van der Waals surface area contributed by atoms with Crippen molar-refractivity contribution < 1.29 is 9.90 Å². The first-order chi connectivity index (χ1) is 9.28. The molecule has 1 fully saturated rings. The van der Waals surface area contributed by atoms with Gasteiger partial charge in [0.05, 0.1) is 5.54 Å². The van der Waals surface area contributed by atoms with Crippen LogP contribution in [0.25, 0.3) is 0 Å². The average Bonchev–Trinajstić information content (AvgIpc) is 2.24. The van der Waals surface area contributed by atoms with Crippen molar-refractivity contribution in [3.05, 3.63) is 35.9 Å². The van der Waals surface area contributed by atoms with Gasteiger partial charge in [-0.1, -0.05) is 30.3 Å². The highest BCUT2D eigenvalue weighted by Crippen LogP contribution is 2.41. The van der Waals surface area contributed by atoms with Crippen molar-refractivity contribution >= 4 is 6.09 Å². The molecule has 1 aromatic carbocycles. The average molecular weight is 276 g/mol. The van der Waals surface area contributed by atoms with Gasteiger partial charge < -0.3 is 10.4 Å². The number of hydrogen-bond acceptors (Lipinski definition) is 2. The van der Waals surface area contributed by atoms with Gasteiger partial charge in [0.2, 0.25) is 0 Å². The molecule has 1 aromatic rings. The summed E-state index contributed by atoms with van der Waals surface area (Å²) in [5.41, 5.74) is 0.0895. The first-order valence-corrected chi connectivity index (χ1v) is 7.07. The summed E-state index contributed by atoms with van der Waals surface area (Å²) < 4.78 is 0. The van der Waals surface area contributed by atoms with Gasteiger partial charge in [-0.15, -0.1) is 0 Å². The third-order valence-corrected chi connectivity index (χ3v) is 4.26. The lowest BCUT2D eigenvalue weighted by Crippen LogP contribution is -2.65. The lowest BCUT2D eigenvalue weighted by molar-refractivity contribution is -0.0257. The van der Waals surface area contributed by atoms with Crippen LogP contribution in [0.2, 0.25) is 0 Å². The fourth-order valence-corrected chi connectivity index (χ4v) is 3.19. The molecule has 0 spiro atoms. The quantitative estimate of drug-likeness (QED) is 0.892. The van der Waals surface area contributed by atoms with Crippen molar-refractivity contribution in [1.82, 2.24) is 10.2 Å². The Hall–Kier alpha value is -1.55. The highest BCUT2D eigenvalue weighted by Gasteiger charge is 2.50. The van der Waals surface area contributed by atoms with E-state index in [4.69, 9.17) is 0 Å². The lowest BCUT2D eigenvalue weighted by Gasteiger charge is -2.54. The first-order valence-electron chi connectivity index (χ1n) is 7.07. The third-order valence-electron chi connectivity index (χ3n) is 4.26. The summed E-state index contributed by atoms with van der Waals surface area (Å²) in [5, 5.41) is 13.0. The molecule has 1 saturated heterocycles. The third kappa shape index (κ3) is 2.40. The van der Waals surface area contributed by atoms with Gasteiger partial charge in [0, 0.05) is 24.5 Å². The molecular weight excluding hydrogens is 252 g/mol. The molecule has 2 N–H and O–H groups in total. The molecule has 2 rings (SSSR count). The van der Waals surface area contributed by atoms with Gasteiger partial charge in [-0.25, -0.2) is 4.79 Å². The fourth-order valence-electron chi connectivity index (χ4n) is 3.19. The maximum Gasteiger partial charge on any atom is 0.408 e. The predicted octanol–water partition coefficient (Wildman–Crippen LogP) is 2.90. The summed E-state index contributed by atoms with van der Waals surface area (Å²) in [5.74, 6) is 0.292. The largest absolute Gasteiger partial charge is 0.465 e. The number of carboxylic acid groups (broad SMARTS) is 1.